The number of aromatic amines is 1. The van der Waals surface area contributed by atoms with Gasteiger partial charge in [0, 0.05) is 36.8 Å². The Morgan fingerprint density at radius 3 is 2.90 bits per heavy atom. The number of hydrogen-bond donors (Lipinski definition) is 3. The number of H-pyrrole nitrogens is 1. The van der Waals surface area contributed by atoms with Crippen molar-refractivity contribution in [2.24, 2.45) is 0 Å². The molecule has 0 bridgehead atoms. The lowest BCUT2D eigenvalue weighted by Gasteiger charge is -2.03. The molecular weight excluding hydrogens is 296 g/mol. The van der Waals surface area contributed by atoms with Crippen molar-refractivity contribution in [1.82, 2.24) is 20.0 Å². The maximum atomic E-state index is 12.2. The molecular formula is C12H18N4O2S2. The van der Waals surface area contributed by atoms with Gasteiger partial charge in [0.25, 0.3) is 0 Å². The van der Waals surface area contributed by atoms with E-state index in [1.54, 1.807) is 18.5 Å². The third-order valence-corrected chi connectivity index (χ3v) is 5.98. The Morgan fingerprint density at radius 2 is 2.25 bits per heavy atom. The predicted molar refractivity (Wildman–Crippen MR) is 79.3 cm³/mol. The largest absolute Gasteiger partial charge is 0.349 e. The minimum atomic E-state index is -3.43. The number of imidazole rings is 1. The fourth-order valence-corrected chi connectivity index (χ4v) is 4.44. The SMILES string of the molecule is CNCc1sc(S(=O)(=O)NCCc2ncc[nH]2)cc1C. The van der Waals surface area contributed by atoms with Crippen LogP contribution in [0.25, 0.3) is 0 Å². The van der Waals surface area contributed by atoms with Crippen molar-refractivity contribution < 1.29 is 8.42 Å². The molecule has 2 aromatic rings. The third kappa shape index (κ3) is 3.66. The number of nitrogens with zero attached hydrogens (tertiary/aromatic N) is 1. The number of thiophene rings is 1. The summed E-state index contributed by atoms with van der Waals surface area (Å²) in [6.45, 7) is 2.93. The Morgan fingerprint density at radius 1 is 1.45 bits per heavy atom. The van der Waals surface area contributed by atoms with Crippen LogP contribution in [0, 0.1) is 6.92 Å². The summed E-state index contributed by atoms with van der Waals surface area (Å²) in [5.41, 5.74) is 0.996. The number of aromatic nitrogens is 2. The van der Waals surface area contributed by atoms with Gasteiger partial charge in [-0.3, -0.25) is 0 Å². The van der Waals surface area contributed by atoms with Crippen molar-refractivity contribution in [3.05, 3.63) is 34.7 Å². The van der Waals surface area contributed by atoms with E-state index in [0.29, 0.717) is 23.7 Å². The summed E-state index contributed by atoms with van der Waals surface area (Å²) in [5.74, 6) is 0.769. The Labute approximate surface area is 122 Å². The van der Waals surface area contributed by atoms with Crippen molar-refractivity contribution in [3.8, 4) is 0 Å². The second kappa shape index (κ2) is 6.49. The average Bonchev–Trinajstić information content (AvgIpc) is 3.01. The highest BCUT2D eigenvalue weighted by Crippen LogP contribution is 2.25. The first-order chi connectivity index (χ1) is 9.53. The molecule has 110 valence electrons. The summed E-state index contributed by atoms with van der Waals surface area (Å²) in [4.78, 5) is 8.04. The zero-order valence-corrected chi connectivity index (χ0v) is 13.1. The zero-order valence-electron chi connectivity index (χ0n) is 11.4. The number of rotatable bonds is 7. The Kier molecular flexibility index (Phi) is 4.92. The van der Waals surface area contributed by atoms with Crippen LogP contribution in [0.5, 0.6) is 0 Å². The van der Waals surface area contributed by atoms with Crippen molar-refractivity contribution in [1.29, 1.82) is 0 Å². The van der Waals surface area contributed by atoms with Gasteiger partial charge in [0.05, 0.1) is 0 Å². The van der Waals surface area contributed by atoms with Gasteiger partial charge in [-0.15, -0.1) is 11.3 Å². The summed E-state index contributed by atoms with van der Waals surface area (Å²) in [6.07, 6.45) is 3.91. The molecule has 0 aliphatic heterocycles. The molecule has 0 aliphatic rings. The van der Waals surface area contributed by atoms with Crippen LogP contribution in [0.2, 0.25) is 0 Å². The molecule has 0 saturated carbocycles. The first kappa shape index (κ1) is 15.2. The monoisotopic (exact) mass is 314 g/mol. The van der Waals surface area contributed by atoms with E-state index in [1.165, 1.54) is 11.3 Å². The highest BCUT2D eigenvalue weighted by molar-refractivity contribution is 7.91. The lowest BCUT2D eigenvalue weighted by molar-refractivity contribution is 0.583. The van der Waals surface area contributed by atoms with Crippen LogP contribution in [0.4, 0.5) is 0 Å². The molecule has 0 unspecified atom stereocenters. The van der Waals surface area contributed by atoms with Gasteiger partial charge >= 0.3 is 0 Å². The van der Waals surface area contributed by atoms with Crippen molar-refractivity contribution in [2.75, 3.05) is 13.6 Å². The highest BCUT2D eigenvalue weighted by atomic mass is 32.2. The molecule has 3 N–H and O–H groups in total. The second-order valence-corrected chi connectivity index (χ2v) is 7.52. The minimum Gasteiger partial charge on any atom is -0.349 e. The van der Waals surface area contributed by atoms with Crippen molar-refractivity contribution in [2.45, 2.75) is 24.1 Å². The van der Waals surface area contributed by atoms with Crippen LogP contribution in [0.1, 0.15) is 16.3 Å². The Balaban J connectivity index is 2.00. The highest BCUT2D eigenvalue weighted by Gasteiger charge is 2.18. The molecule has 6 nitrogen and oxygen atoms in total. The maximum Gasteiger partial charge on any atom is 0.250 e. The molecule has 2 heterocycles. The van der Waals surface area contributed by atoms with E-state index >= 15 is 0 Å². The van der Waals surface area contributed by atoms with Crippen LogP contribution < -0.4 is 10.0 Å². The first-order valence-electron chi connectivity index (χ1n) is 6.25. The van der Waals surface area contributed by atoms with E-state index in [9.17, 15) is 8.42 Å². The van der Waals surface area contributed by atoms with Gasteiger partial charge in [-0.25, -0.2) is 18.1 Å². The van der Waals surface area contributed by atoms with Gasteiger partial charge in [-0.05, 0) is 25.6 Å². The summed E-state index contributed by atoms with van der Waals surface area (Å²) in [7, 11) is -1.59. The fourth-order valence-electron chi connectivity index (χ4n) is 1.77. The van der Waals surface area contributed by atoms with E-state index in [4.69, 9.17) is 0 Å². The summed E-state index contributed by atoms with van der Waals surface area (Å²) in [5, 5.41) is 3.03. The lowest BCUT2D eigenvalue weighted by atomic mass is 10.3. The molecule has 20 heavy (non-hydrogen) atoms. The Bertz CT molecular complexity index is 647. The summed E-state index contributed by atoms with van der Waals surface area (Å²) < 4.78 is 27.3. The Hall–Kier alpha value is -1.22. The fraction of sp³-hybridized carbons (Fsp3) is 0.417. The number of aryl methyl sites for hydroxylation is 1. The third-order valence-electron chi connectivity index (χ3n) is 2.81. The molecule has 2 rings (SSSR count). The quantitative estimate of drug-likeness (QED) is 0.712. The molecule has 0 amide bonds. The van der Waals surface area contributed by atoms with Crippen LogP contribution in [-0.4, -0.2) is 32.0 Å². The normalized spacial score (nSPS) is 11.9. The molecule has 0 spiro atoms. The molecule has 0 saturated heterocycles. The van der Waals surface area contributed by atoms with Gasteiger partial charge in [-0.2, -0.15) is 0 Å². The van der Waals surface area contributed by atoms with Crippen LogP contribution in [-0.2, 0) is 23.0 Å². The molecule has 0 aromatic carbocycles. The molecule has 2 aromatic heterocycles. The molecule has 0 aliphatic carbocycles. The van der Waals surface area contributed by atoms with Crippen LogP contribution in [0.15, 0.2) is 22.7 Å². The first-order valence-corrected chi connectivity index (χ1v) is 8.54. The van der Waals surface area contributed by atoms with Crippen LogP contribution in [0.3, 0.4) is 0 Å². The molecule has 8 heteroatoms. The van der Waals surface area contributed by atoms with Gasteiger partial charge in [-0.1, -0.05) is 0 Å². The molecule has 0 fully saturated rings. The smallest absolute Gasteiger partial charge is 0.250 e. The van der Waals surface area contributed by atoms with Crippen molar-refractivity contribution in [3.63, 3.8) is 0 Å². The lowest BCUT2D eigenvalue weighted by Crippen LogP contribution is -2.25. The van der Waals surface area contributed by atoms with Crippen molar-refractivity contribution >= 4 is 21.4 Å². The minimum absolute atomic E-state index is 0.328. The standard InChI is InChI=1S/C12H18N4O2S2/c1-9-7-12(19-10(9)8-13-2)20(17,18)16-4-3-11-14-5-6-15-11/h5-7,13,16H,3-4,8H2,1-2H3,(H,14,15). The molecule has 0 radical (unpaired) electrons. The maximum absolute atomic E-state index is 12.2. The van der Waals surface area contributed by atoms with Gasteiger partial charge < -0.3 is 10.3 Å². The molecule has 0 atom stereocenters. The zero-order chi connectivity index (χ0) is 14.6. The average molecular weight is 314 g/mol. The topological polar surface area (TPSA) is 86.9 Å². The van der Waals surface area contributed by atoms with E-state index in [2.05, 4.69) is 20.0 Å². The van der Waals surface area contributed by atoms with E-state index in [-0.39, 0.29) is 0 Å². The van der Waals surface area contributed by atoms with Crippen LogP contribution >= 0.6 is 11.3 Å². The second-order valence-electron chi connectivity index (χ2n) is 4.39. The number of nitrogens with one attached hydrogen (secondary N) is 3. The summed E-state index contributed by atoms with van der Waals surface area (Å²) in [6, 6.07) is 1.71. The van der Waals surface area contributed by atoms with E-state index in [1.807, 2.05) is 14.0 Å². The summed E-state index contributed by atoms with van der Waals surface area (Å²) >= 11 is 1.30. The van der Waals surface area contributed by atoms with Gasteiger partial charge in [0.15, 0.2) is 0 Å². The number of sulfonamides is 1. The predicted octanol–water partition coefficient (Wildman–Crippen LogP) is 1.02. The number of hydrogen-bond acceptors (Lipinski definition) is 5. The van der Waals surface area contributed by atoms with Gasteiger partial charge in [0.1, 0.15) is 10.0 Å². The van der Waals surface area contributed by atoms with Gasteiger partial charge in [0.2, 0.25) is 10.0 Å². The van der Waals surface area contributed by atoms with E-state index in [0.717, 1.165) is 16.3 Å². The van der Waals surface area contributed by atoms with E-state index < -0.39 is 10.0 Å².